The van der Waals surface area contributed by atoms with Gasteiger partial charge >= 0.3 is 6.03 Å². The van der Waals surface area contributed by atoms with Crippen molar-refractivity contribution >= 4 is 6.03 Å². The van der Waals surface area contributed by atoms with Crippen LogP contribution in [0.25, 0.3) is 0 Å². The van der Waals surface area contributed by atoms with Gasteiger partial charge in [-0.1, -0.05) is 26.7 Å². The number of aliphatic hydroxyl groups excluding tert-OH is 1. The molecule has 0 bridgehead atoms. The van der Waals surface area contributed by atoms with Gasteiger partial charge in [0.05, 0.1) is 6.10 Å². The largest absolute Gasteiger partial charge is 0.393 e. The molecule has 3 atom stereocenters. The molecule has 3 unspecified atom stereocenters. The molecule has 1 aliphatic heterocycles. The molecule has 4 N–H and O–H groups in total. The third-order valence-corrected chi connectivity index (χ3v) is 5.02. The lowest BCUT2D eigenvalue weighted by Gasteiger charge is -2.39. The number of amides is 2. The summed E-state index contributed by atoms with van der Waals surface area (Å²) in [5.41, 5.74) is 5.49. The molecule has 0 aromatic carbocycles. The fourth-order valence-corrected chi connectivity index (χ4v) is 3.71. The maximum atomic E-state index is 11.6. The van der Waals surface area contributed by atoms with E-state index in [-0.39, 0.29) is 18.1 Å². The zero-order valence-corrected chi connectivity index (χ0v) is 13.4. The third kappa shape index (κ3) is 4.85. The van der Waals surface area contributed by atoms with Crippen LogP contribution in [0.15, 0.2) is 0 Å². The number of carbonyl (C=O) groups is 1. The first-order valence-electron chi connectivity index (χ1n) is 8.44. The Labute approximate surface area is 128 Å². The van der Waals surface area contributed by atoms with Gasteiger partial charge in [0.25, 0.3) is 0 Å². The predicted octanol–water partition coefficient (Wildman–Crippen LogP) is 1.69. The normalized spacial score (nSPS) is 29.0. The van der Waals surface area contributed by atoms with Crippen molar-refractivity contribution in [2.75, 3.05) is 13.1 Å². The third-order valence-electron chi connectivity index (χ3n) is 5.02. The number of hydrogen-bond donors (Lipinski definition) is 3. The molecule has 0 spiro atoms. The molecule has 2 fully saturated rings. The molecule has 1 aliphatic carbocycles. The summed E-state index contributed by atoms with van der Waals surface area (Å²) < 4.78 is 0. The summed E-state index contributed by atoms with van der Waals surface area (Å²) in [7, 11) is 0. The fraction of sp³-hybridized carbons (Fsp3) is 0.938. The first-order valence-corrected chi connectivity index (χ1v) is 8.44. The molecule has 5 heteroatoms. The van der Waals surface area contributed by atoms with Crippen molar-refractivity contribution in [3.63, 3.8) is 0 Å². The van der Waals surface area contributed by atoms with Crippen molar-refractivity contribution in [2.45, 2.75) is 70.6 Å². The molecule has 21 heavy (non-hydrogen) atoms. The standard InChI is InChI=1S/C16H31N3O2/c1-11(2)15(20)8-12-7-14(10-19(9-12)16(17)21)18-13-5-3-4-6-13/h11-15,18,20H,3-10H2,1-2H3,(H2,17,21). The van der Waals surface area contributed by atoms with Crippen LogP contribution in [0, 0.1) is 11.8 Å². The predicted molar refractivity (Wildman–Crippen MR) is 83.9 cm³/mol. The lowest BCUT2D eigenvalue weighted by atomic mass is 9.86. The van der Waals surface area contributed by atoms with Crippen LogP contribution < -0.4 is 11.1 Å². The molecule has 1 saturated heterocycles. The van der Waals surface area contributed by atoms with E-state index < -0.39 is 0 Å². The Kier molecular flexibility index (Phi) is 5.88. The van der Waals surface area contributed by atoms with Crippen LogP contribution in [0.5, 0.6) is 0 Å². The van der Waals surface area contributed by atoms with Crippen molar-refractivity contribution in [3.05, 3.63) is 0 Å². The molecule has 0 radical (unpaired) electrons. The molecule has 5 nitrogen and oxygen atoms in total. The average Bonchev–Trinajstić information content (AvgIpc) is 2.91. The second-order valence-corrected chi connectivity index (χ2v) is 7.24. The second-order valence-electron chi connectivity index (χ2n) is 7.24. The number of nitrogens with two attached hydrogens (primary N) is 1. The van der Waals surface area contributed by atoms with Crippen LogP contribution in [0.4, 0.5) is 4.79 Å². The number of aliphatic hydroxyl groups is 1. The van der Waals surface area contributed by atoms with Gasteiger partial charge in [-0.15, -0.1) is 0 Å². The summed E-state index contributed by atoms with van der Waals surface area (Å²) >= 11 is 0. The first-order chi connectivity index (χ1) is 9.95. The van der Waals surface area contributed by atoms with Crippen LogP contribution in [-0.2, 0) is 0 Å². The molecule has 2 aliphatic rings. The van der Waals surface area contributed by atoms with E-state index in [2.05, 4.69) is 5.32 Å². The summed E-state index contributed by atoms with van der Waals surface area (Å²) in [4.78, 5) is 13.3. The van der Waals surface area contributed by atoms with Gasteiger partial charge in [0, 0.05) is 25.2 Å². The van der Waals surface area contributed by atoms with Crippen molar-refractivity contribution in [2.24, 2.45) is 17.6 Å². The molecular formula is C16H31N3O2. The van der Waals surface area contributed by atoms with E-state index >= 15 is 0 Å². The fourth-order valence-electron chi connectivity index (χ4n) is 3.71. The smallest absolute Gasteiger partial charge is 0.314 e. The van der Waals surface area contributed by atoms with Gasteiger partial charge in [-0.25, -0.2) is 4.79 Å². The number of nitrogens with one attached hydrogen (secondary N) is 1. The summed E-state index contributed by atoms with van der Waals surface area (Å²) in [6, 6.07) is 0.578. The Hall–Kier alpha value is -0.810. The molecule has 0 aromatic rings. The molecule has 2 rings (SSSR count). The highest BCUT2D eigenvalue weighted by Gasteiger charge is 2.32. The number of hydrogen-bond acceptors (Lipinski definition) is 3. The minimum atomic E-state index is -0.336. The number of nitrogens with zero attached hydrogens (tertiary/aromatic N) is 1. The van der Waals surface area contributed by atoms with E-state index in [1.54, 1.807) is 4.90 Å². The number of piperidine rings is 1. The van der Waals surface area contributed by atoms with E-state index in [1.165, 1.54) is 25.7 Å². The van der Waals surface area contributed by atoms with E-state index in [1.807, 2.05) is 13.8 Å². The Morgan fingerprint density at radius 1 is 1.29 bits per heavy atom. The van der Waals surface area contributed by atoms with E-state index in [0.29, 0.717) is 31.1 Å². The minimum absolute atomic E-state index is 0.259. The van der Waals surface area contributed by atoms with Crippen molar-refractivity contribution in [1.82, 2.24) is 10.2 Å². The molecule has 122 valence electrons. The highest BCUT2D eigenvalue weighted by molar-refractivity contribution is 5.72. The van der Waals surface area contributed by atoms with Crippen molar-refractivity contribution < 1.29 is 9.90 Å². The lowest BCUT2D eigenvalue weighted by molar-refractivity contribution is 0.0690. The summed E-state index contributed by atoms with van der Waals surface area (Å²) in [5, 5.41) is 13.8. The maximum absolute atomic E-state index is 11.6. The van der Waals surface area contributed by atoms with Crippen molar-refractivity contribution in [1.29, 1.82) is 0 Å². The SMILES string of the molecule is CC(C)C(O)CC1CC(NC2CCCC2)CN(C(N)=O)C1. The Bertz CT molecular complexity index is 330. The van der Waals surface area contributed by atoms with Gasteiger partial charge < -0.3 is 21.1 Å². The van der Waals surface area contributed by atoms with Gasteiger partial charge in [0.1, 0.15) is 0 Å². The van der Waals surface area contributed by atoms with Gasteiger partial charge in [-0.3, -0.25) is 0 Å². The van der Waals surface area contributed by atoms with Crippen LogP contribution >= 0.6 is 0 Å². The number of primary amides is 1. The molecule has 0 aromatic heterocycles. The zero-order chi connectivity index (χ0) is 15.4. The van der Waals surface area contributed by atoms with Crippen LogP contribution in [0.3, 0.4) is 0 Å². The molecule has 2 amide bonds. The number of urea groups is 1. The summed E-state index contributed by atoms with van der Waals surface area (Å²) in [6.07, 6.45) is 6.58. The van der Waals surface area contributed by atoms with Crippen molar-refractivity contribution in [3.8, 4) is 0 Å². The van der Waals surface area contributed by atoms with Crippen LogP contribution in [0.1, 0.15) is 52.4 Å². The van der Waals surface area contributed by atoms with E-state index in [4.69, 9.17) is 5.73 Å². The topological polar surface area (TPSA) is 78.6 Å². The average molecular weight is 297 g/mol. The lowest BCUT2D eigenvalue weighted by Crippen LogP contribution is -2.54. The second kappa shape index (κ2) is 7.45. The Morgan fingerprint density at radius 2 is 1.95 bits per heavy atom. The first kappa shape index (κ1) is 16.6. The quantitative estimate of drug-likeness (QED) is 0.722. The van der Waals surface area contributed by atoms with E-state index in [9.17, 15) is 9.90 Å². The molecule has 1 heterocycles. The Balaban J connectivity index is 1.92. The van der Waals surface area contributed by atoms with Gasteiger partial charge in [-0.05, 0) is 37.5 Å². The van der Waals surface area contributed by atoms with Crippen LogP contribution in [0.2, 0.25) is 0 Å². The minimum Gasteiger partial charge on any atom is -0.393 e. The molecule has 1 saturated carbocycles. The summed E-state index contributed by atoms with van der Waals surface area (Å²) in [5.74, 6) is 0.595. The Morgan fingerprint density at radius 3 is 2.52 bits per heavy atom. The number of carbonyl (C=O) groups excluding carboxylic acids is 1. The highest BCUT2D eigenvalue weighted by atomic mass is 16.3. The zero-order valence-electron chi connectivity index (χ0n) is 13.4. The highest BCUT2D eigenvalue weighted by Crippen LogP contribution is 2.26. The maximum Gasteiger partial charge on any atom is 0.314 e. The summed E-state index contributed by atoms with van der Waals surface area (Å²) in [6.45, 7) is 5.46. The molecular weight excluding hydrogens is 266 g/mol. The number of likely N-dealkylation sites (tertiary alicyclic amines) is 1. The van der Waals surface area contributed by atoms with Gasteiger partial charge in [0.15, 0.2) is 0 Å². The van der Waals surface area contributed by atoms with Gasteiger partial charge in [0.2, 0.25) is 0 Å². The van der Waals surface area contributed by atoms with Gasteiger partial charge in [-0.2, -0.15) is 0 Å². The van der Waals surface area contributed by atoms with E-state index in [0.717, 1.165) is 12.8 Å². The monoisotopic (exact) mass is 297 g/mol. The number of rotatable bonds is 5. The van der Waals surface area contributed by atoms with Crippen LogP contribution in [-0.4, -0.2) is 47.3 Å².